The molecule has 0 unspecified atom stereocenters. The lowest BCUT2D eigenvalue weighted by molar-refractivity contribution is -0.159. The van der Waals surface area contributed by atoms with E-state index in [2.05, 4.69) is 10.2 Å². The maximum atomic E-state index is 13.4. The van der Waals surface area contributed by atoms with Crippen molar-refractivity contribution in [1.82, 2.24) is 20.0 Å². The highest BCUT2D eigenvalue weighted by atomic mass is 16.6. The zero-order chi connectivity index (χ0) is 29.6. The van der Waals surface area contributed by atoms with Gasteiger partial charge in [-0.2, -0.15) is 0 Å². The van der Waals surface area contributed by atoms with Crippen LogP contribution in [0.2, 0.25) is 0 Å². The fraction of sp³-hybridized carbons (Fsp3) is 0.484. The number of carbonyl (C=O) groups excluding carboxylic acids is 4. The normalized spacial score (nSPS) is 18.6. The predicted octanol–water partition coefficient (Wildman–Crippen LogP) is 2.99. The Balaban J connectivity index is 1.42. The van der Waals surface area contributed by atoms with E-state index in [1.807, 2.05) is 37.4 Å². The number of rotatable bonds is 8. The van der Waals surface area contributed by atoms with Gasteiger partial charge >= 0.3 is 12.1 Å². The summed E-state index contributed by atoms with van der Waals surface area (Å²) in [5.74, 6) is -0.642. The largest absolute Gasteiger partial charge is 0.458 e. The Hall–Kier alpha value is -3.92. The maximum absolute atomic E-state index is 13.4. The SMILES string of the molecule is CN1CCN(C(=O)Oc2ccc(C[C@H](NC(=O)[C@@H]3CCC(=O)N3Cc3ccccc3)C(=O)OC(C)(C)C)cc2)CC1. The van der Waals surface area contributed by atoms with Gasteiger partial charge in [0.25, 0.3) is 0 Å². The third kappa shape index (κ3) is 8.53. The van der Waals surface area contributed by atoms with Crippen LogP contribution in [0.25, 0.3) is 0 Å². The van der Waals surface area contributed by atoms with E-state index in [9.17, 15) is 19.2 Å². The second-order valence-electron chi connectivity index (χ2n) is 11.7. The Morgan fingerprint density at radius 3 is 2.24 bits per heavy atom. The number of likely N-dealkylation sites (N-methyl/N-ethyl adjacent to an activating group) is 1. The van der Waals surface area contributed by atoms with Crippen molar-refractivity contribution in [2.75, 3.05) is 33.2 Å². The van der Waals surface area contributed by atoms with E-state index in [0.29, 0.717) is 31.8 Å². The van der Waals surface area contributed by atoms with Gasteiger partial charge in [0.1, 0.15) is 23.4 Å². The zero-order valence-corrected chi connectivity index (χ0v) is 24.3. The molecule has 4 rings (SSSR count). The molecule has 2 heterocycles. The van der Waals surface area contributed by atoms with Gasteiger partial charge in [-0.05, 0) is 57.5 Å². The van der Waals surface area contributed by atoms with E-state index in [1.165, 1.54) is 0 Å². The van der Waals surface area contributed by atoms with Gasteiger partial charge in [-0.1, -0.05) is 42.5 Å². The van der Waals surface area contributed by atoms with Crippen LogP contribution >= 0.6 is 0 Å². The monoisotopic (exact) mass is 564 g/mol. The highest BCUT2D eigenvalue weighted by molar-refractivity contribution is 5.93. The minimum Gasteiger partial charge on any atom is -0.458 e. The Kier molecular flexibility index (Phi) is 9.65. The molecule has 2 aromatic rings. The van der Waals surface area contributed by atoms with E-state index >= 15 is 0 Å². The highest BCUT2D eigenvalue weighted by Crippen LogP contribution is 2.23. The van der Waals surface area contributed by atoms with Crippen LogP contribution in [0.5, 0.6) is 5.75 Å². The summed E-state index contributed by atoms with van der Waals surface area (Å²) < 4.78 is 11.2. The first kappa shape index (κ1) is 30.0. The third-order valence-electron chi connectivity index (χ3n) is 7.16. The summed E-state index contributed by atoms with van der Waals surface area (Å²) in [7, 11) is 2.02. The molecular formula is C31H40N4O6. The van der Waals surface area contributed by atoms with Gasteiger partial charge in [-0.15, -0.1) is 0 Å². The molecule has 41 heavy (non-hydrogen) atoms. The lowest BCUT2D eigenvalue weighted by atomic mass is 10.0. The minimum absolute atomic E-state index is 0.0930. The van der Waals surface area contributed by atoms with Crippen LogP contribution in [0.1, 0.15) is 44.7 Å². The molecule has 2 aliphatic rings. The van der Waals surface area contributed by atoms with Gasteiger partial charge in [0, 0.05) is 45.6 Å². The number of ether oxygens (including phenoxy) is 2. The maximum Gasteiger partial charge on any atom is 0.415 e. The molecule has 10 heteroatoms. The summed E-state index contributed by atoms with van der Waals surface area (Å²) in [5.41, 5.74) is 0.936. The van der Waals surface area contributed by atoms with E-state index < -0.39 is 29.7 Å². The van der Waals surface area contributed by atoms with Crippen LogP contribution in [-0.2, 0) is 32.1 Å². The number of hydrogen-bond donors (Lipinski definition) is 1. The molecule has 2 atom stereocenters. The molecule has 0 spiro atoms. The number of esters is 1. The molecule has 0 radical (unpaired) electrons. The molecule has 2 aliphatic heterocycles. The molecule has 2 fully saturated rings. The van der Waals surface area contributed by atoms with Crippen LogP contribution in [0.15, 0.2) is 54.6 Å². The van der Waals surface area contributed by atoms with E-state index in [1.54, 1.807) is 54.8 Å². The molecule has 0 bridgehead atoms. The summed E-state index contributed by atoms with van der Waals surface area (Å²) in [6, 6.07) is 14.7. The highest BCUT2D eigenvalue weighted by Gasteiger charge is 2.38. The zero-order valence-electron chi connectivity index (χ0n) is 24.3. The lowest BCUT2D eigenvalue weighted by Crippen LogP contribution is -2.52. The lowest BCUT2D eigenvalue weighted by Gasteiger charge is -2.31. The molecule has 0 saturated carbocycles. The fourth-order valence-corrected chi connectivity index (χ4v) is 4.90. The number of carbonyl (C=O) groups is 4. The summed E-state index contributed by atoms with van der Waals surface area (Å²) >= 11 is 0. The number of likely N-dealkylation sites (tertiary alicyclic amines) is 1. The molecule has 0 aromatic heterocycles. The quantitative estimate of drug-likeness (QED) is 0.491. The first-order chi connectivity index (χ1) is 19.5. The second kappa shape index (κ2) is 13.2. The average molecular weight is 565 g/mol. The van der Waals surface area contributed by atoms with Crippen molar-refractivity contribution in [2.45, 2.75) is 64.3 Å². The van der Waals surface area contributed by atoms with Crippen LogP contribution in [0.3, 0.4) is 0 Å². The van der Waals surface area contributed by atoms with Crippen LogP contribution < -0.4 is 10.1 Å². The van der Waals surface area contributed by atoms with Crippen molar-refractivity contribution in [3.63, 3.8) is 0 Å². The number of hydrogen-bond acceptors (Lipinski definition) is 7. The van der Waals surface area contributed by atoms with Gasteiger partial charge < -0.3 is 29.5 Å². The number of nitrogens with zero attached hydrogens (tertiary/aromatic N) is 3. The van der Waals surface area contributed by atoms with Crippen molar-refractivity contribution in [1.29, 1.82) is 0 Å². The van der Waals surface area contributed by atoms with Crippen LogP contribution in [0, 0.1) is 0 Å². The van der Waals surface area contributed by atoms with Crippen molar-refractivity contribution >= 4 is 23.9 Å². The Bertz CT molecular complexity index is 1220. The molecule has 1 N–H and O–H groups in total. The number of piperazine rings is 1. The van der Waals surface area contributed by atoms with Gasteiger partial charge in [0.05, 0.1) is 0 Å². The first-order valence-electron chi connectivity index (χ1n) is 14.1. The fourth-order valence-electron chi connectivity index (χ4n) is 4.90. The summed E-state index contributed by atoms with van der Waals surface area (Å²) in [5, 5.41) is 2.86. The average Bonchev–Trinajstić information content (AvgIpc) is 3.29. The number of amides is 3. The topological polar surface area (TPSA) is 108 Å². The van der Waals surface area contributed by atoms with E-state index in [0.717, 1.165) is 24.2 Å². The Labute approximate surface area is 241 Å². The summed E-state index contributed by atoms with van der Waals surface area (Å²) in [6.07, 6.45) is 0.436. The van der Waals surface area contributed by atoms with Crippen molar-refractivity contribution in [3.8, 4) is 5.75 Å². The van der Waals surface area contributed by atoms with Gasteiger partial charge in [-0.25, -0.2) is 9.59 Å². The van der Waals surface area contributed by atoms with Gasteiger partial charge in [0.2, 0.25) is 11.8 Å². The van der Waals surface area contributed by atoms with E-state index in [4.69, 9.17) is 9.47 Å². The van der Waals surface area contributed by atoms with Crippen molar-refractivity contribution < 1.29 is 28.7 Å². The van der Waals surface area contributed by atoms with Crippen molar-refractivity contribution in [3.05, 3.63) is 65.7 Å². The standard InChI is InChI=1S/C31H40N4O6/c1-31(2,3)41-29(38)25(32-28(37)26-14-15-27(36)35(26)21-23-8-6-5-7-9-23)20-22-10-12-24(13-11-22)40-30(39)34-18-16-33(4)17-19-34/h5-13,25-26H,14-21H2,1-4H3,(H,32,37)/t25-,26-/m0/s1. The number of nitrogens with one attached hydrogen (secondary N) is 1. The summed E-state index contributed by atoms with van der Waals surface area (Å²) in [4.78, 5) is 57.1. The smallest absolute Gasteiger partial charge is 0.415 e. The molecular weight excluding hydrogens is 524 g/mol. The van der Waals surface area contributed by atoms with Crippen LogP contribution in [-0.4, -0.2) is 89.5 Å². The van der Waals surface area contributed by atoms with E-state index in [-0.39, 0.29) is 24.7 Å². The molecule has 220 valence electrons. The molecule has 10 nitrogen and oxygen atoms in total. The molecule has 0 aliphatic carbocycles. The first-order valence-corrected chi connectivity index (χ1v) is 14.1. The van der Waals surface area contributed by atoms with Crippen molar-refractivity contribution in [2.24, 2.45) is 0 Å². The Morgan fingerprint density at radius 2 is 1.61 bits per heavy atom. The van der Waals surface area contributed by atoms with Gasteiger partial charge in [-0.3, -0.25) is 9.59 Å². The van der Waals surface area contributed by atoms with Crippen LogP contribution in [0.4, 0.5) is 4.79 Å². The molecule has 2 aromatic carbocycles. The molecule has 2 saturated heterocycles. The Morgan fingerprint density at radius 1 is 0.951 bits per heavy atom. The van der Waals surface area contributed by atoms with Gasteiger partial charge in [0.15, 0.2) is 0 Å². The second-order valence-corrected chi connectivity index (χ2v) is 11.7. The molecule has 3 amide bonds. The minimum atomic E-state index is -0.963. The predicted molar refractivity (Wildman–Crippen MR) is 153 cm³/mol. The third-order valence-corrected chi connectivity index (χ3v) is 7.16. The summed E-state index contributed by atoms with van der Waals surface area (Å²) in [6.45, 7) is 8.44. The number of benzene rings is 2.